The van der Waals surface area contributed by atoms with Gasteiger partial charge in [-0.1, -0.05) is 11.6 Å². The zero-order chi connectivity index (χ0) is 16.9. The summed E-state index contributed by atoms with van der Waals surface area (Å²) in [5.74, 6) is 1.18. The Morgan fingerprint density at radius 1 is 1.25 bits per heavy atom. The maximum absolute atomic E-state index is 11.4. The van der Waals surface area contributed by atoms with Crippen molar-refractivity contribution < 1.29 is 9.53 Å². The molecule has 1 aliphatic heterocycles. The van der Waals surface area contributed by atoms with Crippen LogP contribution < -0.4 is 4.74 Å². The summed E-state index contributed by atoms with van der Waals surface area (Å²) in [6, 6.07) is 9.36. The molecule has 24 heavy (non-hydrogen) atoms. The fraction of sp³-hybridized carbons (Fsp3) is 0.444. The zero-order valence-corrected chi connectivity index (χ0v) is 14.6. The molecule has 0 spiro atoms. The molecule has 1 aliphatic rings. The minimum absolute atomic E-state index is 0.247. The largest absolute Gasteiger partial charge is 0.475 e. The quantitative estimate of drug-likeness (QED) is 0.805. The number of hydrogen-bond acceptors (Lipinski definition) is 4. The Labute approximate surface area is 147 Å². The Bertz CT molecular complexity index is 676. The first-order valence-electron chi connectivity index (χ1n) is 8.29. The van der Waals surface area contributed by atoms with E-state index in [2.05, 4.69) is 10.00 Å². The molecule has 0 saturated carbocycles. The molecule has 0 aliphatic carbocycles. The summed E-state index contributed by atoms with van der Waals surface area (Å²) in [6.07, 6.45) is 3.79. The standard InChI is InChI=1S/C18H22ClN3O2/c1-14(23)15-6-9-21(10-7-15)12-13-24-18-8-11-22(20-18)17-4-2-16(19)3-5-17/h2-5,8,11,15H,6-7,9-10,12-13H2,1H3. The number of nitrogens with zero attached hydrogens (tertiary/aromatic N) is 3. The molecule has 0 bridgehead atoms. The average Bonchev–Trinajstić information content (AvgIpc) is 3.05. The molecule has 0 unspecified atom stereocenters. The molecule has 0 atom stereocenters. The van der Waals surface area contributed by atoms with Gasteiger partial charge in [0.05, 0.1) is 5.69 Å². The summed E-state index contributed by atoms with van der Waals surface area (Å²) in [5.41, 5.74) is 0.945. The summed E-state index contributed by atoms with van der Waals surface area (Å²) in [5, 5.41) is 5.12. The van der Waals surface area contributed by atoms with Crippen molar-refractivity contribution in [1.82, 2.24) is 14.7 Å². The minimum atomic E-state index is 0.247. The van der Waals surface area contributed by atoms with Crippen LogP contribution >= 0.6 is 11.6 Å². The van der Waals surface area contributed by atoms with Crippen molar-refractivity contribution >= 4 is 17.4 Å². The van der Waals surface area contributed by atoms with Crippen LogP contribution in [0, 0.1) is 5.92 Å². The van der Waals surface area contributed by atoms with Gasteiger partial charge < -0.3 is 4.74 Å². The minimum Gasteiger partial charge on any atom is -0.475 e. The lowest BCUT2D eigenvalue weighted by Crippen LogP contribution is -2.38. The monoisotopic (exact) mass is 347 g/mol. The Hall–Kier alpha value is -1.85. The first-order valence-corrected chi connectivity index (χ1v) is 8.67. The highest BCUT2D eigenvalue weighted by Gasteiger charge is 2.21. The summed E-state index contributed by atoms with van der Waals surface area (Å²) >= 11 is 5.90. The molecule has 128 valence electrons. The summed E-state index contributed by atoms with van der Waals surface area (Å²) < 4.78 is 7.51. The number of likely N-dealkylation sites (tertiary alicyclic amines) is 1. The number of aromatic nitrogens is 2. The summed E-state index contributed by atoms with van der Waals surface area (Å²) in [6.45, 7) is 5.08. The van der Waals surface area contributed by atoms with Crippen LogP contribution in [0.5, 0.6) is 5.88 Å². The van der Waals surface area contributed by atoms with E-state index in [4.69, 9.17) is 16.3 Å². The number of halogens is 1. The fourth-order valence-corrected chi connectivity index (χ4v) is 3.09. The lowest BCUT2D eigenvalue weighted by Gasteiger charge is -2.30. The highest BCUT2D eigenvalue weighted by atomic mass is 35.5. The van der Waals surface area contributed by atoms with Crippen LogP contribution in [0.1, 0.15) is 19.8 Å². The van der Waals surface area contributed by atoms with E-state index < -0.39 is 0 Å². The Kier molecular flexibility index (Phi) is 5.53. The highest BCUT2D eigenvalue weighted by Crippen LogP contribution is 2.18. The van der Waals surface area contributed by atoms with Gasteiger partial charge in [-0.15, -0.1) is 5.10 Å². The molecule has 0 amide bonds. The molecular formula is C18H22ClN3O2. The number of ketones is 1. The van der Waals surface area contributed by atoms with E-state index in [1.807, 2.05) is 36.5 Å². The van der Waals surface area contributed by atoms with Crippen molar-refractivity contribution in [1.29, 1.82) is 0 Å². The summed E-state index contributed by atoms with van der Waals surface area (Å²) in [7, 11) is 0. The predicted octanol–water partition coefficient (Wildman–Crippen LogP) is 3.21. The van der Waals surface area contributed by atoms with E-state index in [9.17, 15) is 4.79 Å². The molecule has 2 heterocycles. The second-order valence-electron chi connectivity index (χ2n) is 6.15. The summed E-state index contributed by atoms with van der Waals surface area (Å²) in [4.78, 5) is 13.7. The molecule has 1 aromatic heterocycles. The highest BCUT2D eigenvalue weighted by molar-refractivity contribution is 6.30. The van der Waals surface area contributed by atoms with Crippen molar-refractivity contribution in [3.8, 4) is 11.6 Å². The van der Waals surface area contributed by atoms with E-state index in [1.54, 1.807) is 11.6 Å². The van der Waals surface area contributed by atoms with Crippen molar-refractivity contribution in [2.75, 3.05) is 26.2 Å². The number of hydrogen-bond donors (Lipinski definition) is 0. The second kappa shape index (κ2) is 7.81. The first kappa shape index (κ1) is 17.0. The molecular weight excluding hydrogens is 326 g/mol. The molecule has 0 radical (unpaired) electrons. The van der Waals surface area contributed by atoms with Crippen molar-refractivity contribution in [2.45, 2.75) is 19.8 Å². The third-order valence-corrected chi connectivity index (χ3v) is 4.73. The van der Waals surface area contributed by atoms with Gasteiger partial charge in [-0.3, -0.25) is 9.69 Å². The number of carbonyl (C=O) groups is 1. The number of carbonyl (C=O) groups excluding carboxylic acids is 1. The van der Waals surface area contributed by atoms with Gasteiger partial charge in [-0.05, 0) is 57.1 Å². The third kappa shape index (κ3) is 4.36. The molecule has 2 aromatic rings. The average molecular weight is 348 g/mol. The van der Waals surface area contributed by atoms with Gasteiger partial charge in [-0.25, -0.2) is 4.68 Å². The molecule has 1 aromatic carbocycles. The van der Waals surface area contributed by atoms with E-state index in [-0.39, 0.29) is 5.92 Å². The van der Waals surface area contributed by atoms with Crippen molar-refractivity contribution in [2.24, 2.45) is 5.92 Å². The molecule has 5 nitrogen and oxygen atoms in total. The molecule has 3 rings (SSSR count). The SMILES string of the molecule is CC(=O)C1CCN(CCOc2ccn(-c3ccc(Cl)cc3)n2)CC1. The third-order valence-electron chi connectivity index (χ3n) is 4.48. The van der Waals surface area contributed by atoms with Crippen LogP contribution in [-0.2, 0) is 4.79 Å². The smallest absolute Gasteiger partial charge is 0.233 e. The second-order valence-corrected chi connectivity index (χ2v) is 6.59. The van der Waals surface area contributed by atoms with Gasteiger partial charge >= 0.3 is 0 Å². The maximum Gasteiger partial charge on any atom is 0.233 e. The van der Waals surface area contributed by atoms with E-state index in [1.165, 1.54) is 0 Å². The van der Waals surface area contributed by atoms with Crippen molar-refractivity contribution in [3.05, 3.63) is 41.6 Å². The Morgan fingerprint density at radius 3 is 2.62 bits per heavy atom. The molecule has 0 N–H and O–H groups in total. The molecule has 1 fully saturated rings. The van der Waals surface area contributed by atoms with Gasteiger partial charge in [0.2, 0.25) is 5.88 Å². The van der Waals surface area contributed by atoms with Crippen LogP contribution in [0.4, 0.5) is 0 Å². The van der Waals surface area contributed by atoms with Crippen molar-refractivity contribution in [3.63, 3.8) is 0 Å². The van der Waals surface area contributed by atoms with Gasteiger partial charge in [-0.2, -0.15) is 0 Å². The molecule has 1 saturated heterocycles. The fourth-order valence-electron chi connectivity index (χ4n) is 2.96. The van der Waals surface area contributed by atoms with Crippen LogP contribution in [0.3, 0.4) is 0 Å². The Morgan fingerprint density at radius 2 is 1.96 bits per heavy atom. The van der Waals surface area contributed by atoms with Crippen LogP contribution in [-0.4, -0.2) is 46.7 Å². The Balaban J connectivity index is 1.45. The maximum atomic E-state index is 11.4. The van der Waals surface area contributed by atoms with E-state index in [0.717, 1.165) is 38.2 Å². The normalized spacial score (nSPS) is 16.2. The predicted molar refractivity (Wildman–Crippen MR) is 93.9 cm³/mol. The van der Waals surface area contributed by atoms with E-state index >= 15 is 0 Å². The van der Waals surface area contributed by atoms with Gasteiger partial charge in [0.25, 0.3) is 0 Å². The first-order chi connectivity index (χ1) is 11.6. The van der Waals surface area contributed by atoms with Gasteiger partial charge in [0.15, 0.2) is 0 Å². The van der Waals surface area contributed by atoms with Gasteiger partial charge in [0, 0.05) is 29.7 Å². The topological polar surface area (TPSA) is 47.4 Å². The van der Waals surface area contributed by atoms with Gasteiger partial charge in [0.1, 0.15) is 12.4 Å². The number of piperidine rings is 1. The number of benzene rings is 1. The number of Topliss-reactive ketones (excluding diaryl/α,β-unsaturated/α-hetero) is 1. The number of ether oxygens (including phenoxy) is 1. The van der Waals surface area contributed by atoms with Crippen LogP contribution in [0.2, 0.25) is 5.02 Å². The lowest BCUT2D eigenvalue weighted by atomic mass is 9.93. The van der Waals surface area contributed by atoms with Crippen LogP contribution in [0.25, 0.3) is 5.69 Å². The molecule has 6 heteroatoms. The van der Waals surface area contributed by atoms with E-state index in [0.29, 0.717) is 23.3 Å². The van der Waals surface area contributed by atoms with Crippen LogP contribution in [0.15, 0.2) is 36.5 Å². The number of rotatable bonds is 6. The lowest BCUT2D eigenvalue weighted by molar-refractivity contribution is -0.122. The zero-order valence-electron chi connectivity index (χ0n) is 13.8.